The molecule has 1 aromatic rings. The SMILES string of the molecule is CCS(=O)(=O)c1ccc(CCC(=O)N2CCCC[C@@H]2C(=O)O)cc1. The zero-order valence-corrected chi connectivity index (χ0v) is 14.6. The number of carboxylic acid groups (broad SMARTS) is 1. The number of rotatable bonds is 6. The van der Waals surface area contributed by atoms with E-state index in [0.29, 0.717) is 19.4 Å². The second kappa shape index (κ2) is 7.79. The third kappa shape index (κ3) is 4.35. The highest BCUT2D eigenvalue weighted by molar-refractivity contribution is 7.91. The molecule has 1 atom stereocenters. The second-order valence-corrected chi connectivity index (χ2v) is 8.26. The molecule has 1 aliphatic rings. The maximum absolute atomic E-state index is 12.3. The molecule has 1 amide bonds. The molecule has 0 aromatic heterocycles. The molecule has 1 N–H and O–H groups in total. The summed E-state index contributed by atoms with van der Waals surface area (Å²) in [6, 6.07) is 5.81. The van der Waals surface area contributed by atoms with Gasteiger partial charge in [-0.2, -0.15) is 0 Å². The fourth-order valence-electron chi connectivity index (χ4n) is 2.91. The van der Waals surface area contributed by atoms with Crippen LogP contribution in [-0.4, -0.2) is 48.6 Å². The third-order valence-corrected chi connectivity index (χ3v) is 6.15. The number of carbonyl (C=O) groups excluding carboxylic acids is 1. The first-order chi connectivity index (χ1) is 11.3. The van der Waals surface area contributed by atoms with Crippen molar-refractivity contribution < 1.29 is 23.1 Å². The lowest BCUT2D eigenvalue weighted by molar-refractivity contribution is -0.152. The smallest absolute Gasteiger partial charge is 0.326 e. The zero-order chi connectivity index (χ0) is 17.7. The van der Waals surface area contributed by atoms with E-state index in [0.717, 1.165) is 18.4 Å². The number of hydrogen-bond acceptors (Lipinski definition) is 4. The van der Waals surface area contributed by atoms with Gasteiger partial charge in [0.1, 0.15) is 6.04 Å². The van der Waals surface area contributed by atoms with Gasteiger partial charge in [0.2, 0.25) is 5.91 Å². The molecule has 1 saturated heterocycles. The lowest BCUT2D eigenvalue weighted by Gasteiger charge is -2.33. The second-order valence-electron chi connectivity index (χ2n) is 5.98. The molecule has 0 saturated carbocycles. The van der Waals surface area contributed by atoms with Gasteiger partial charge < -0.3 is 10.0 Å². The zero-order valence-electron chi connectivity index (χ0n) is 13.8. The molecular weight excluding hydrogens is 330 g/mol. The molecule has 0 radical (unpaired) electrons. The third-order valence-electron chi connectivity index (χ3n) is 4.40. The lowest BCUT2D eigenvalue weighted by Crippen LogP contribution is -2.48. The summed E-state index contributed by atoms with van der Waals surface area (Å²) in [5, 5.41) is 9.22. The van der Waals surface area contributed by atoms with Crippen LogP contribution in [0.25, 0.3) is 0 Å². The fraction of sp³-hybridized carbons (Fsp3) is 0.529. The van der Waals surface area contributed by atoms with Gasteiger partial charge in [0.15, 0.2) is 9.84 Å². The summed E-state index contributed by atoms with van der Waals surface area (Å²) < 4.78 is 23.5. The quantitative estimate of drug-likeness (QED) is 0.843. The number of amides is 1. The molecule has 1 heterocycles. The summed E-state index contributed by atoms with van der Waals surface area (Å²) in [4.78, 5) is 25.3. The first-order valence-electron chi connectivity index (χ1n) is 8.19. The predicted molar refractivity (Wildman–Crippen MR) is 89.5 cm³/mol. The largest absolute Gasteiger partial charge is 0.480 e. The molecule has 0 bridgehead atoms. The summed E-state index contributed by atoms with van der Waals surface area (Å²) in [7, 11) is -3.22. The van der Waals surface area contributed by atoms with Gasteiger partial charge in [-0.1, -0.05) is 19.1 Å². The summed E-state index contributed by atoms with van der Waals surface area (Å²) in [5.41, 5.74) is 0.863. The first kappa shape index (κ1) is 18.4. The van der Waals surface area contributed by atoms with E-state index < -0.39 is 21.8 Å². The van der Waals surface area contributed by atoms with E-state index >= 15 is 0 Å². The first-order valence-corrected chi connectivity index (χ1v) is 9.84. The standard InChI is InChI=1S/C17H23NO5S/c1-2-24(22,23)14-9-6-13(7-10-14)8-11-16(19)18-12-4-3-5-15(18)17(20)21/h6-7,9-10,15H,2-5,8,11-12H2,1H3,(H,20,21)/t15-/m1/s1. The van der Waals surface area contributed by atoms with Gasteiger partial charge in [-0.3, -0.25) is 4.79 Å². The van der Waals surface area contributed by atoms with E-state index in [-0.39, 0.29) is 23.0 Å². The van der Waals surface area contributed by atoms with Crippen LogP contribution in [0.15, 0.2) is 29.2 Å². The van der Waals surface area contributed by atoms with E-state index in [1.54, 1.807) is 31.2 Å². The van der Waals surface area contributed by atoms with Crippen LogP contribution in [0.2, 0.25) is 0 Å². The number of hydrogen-bond donors (Lipinski definition) is 1. The highest BCUT2D eigenvalue weighted by atomic mass is 32.2. The molecule has 6 nitrogen and oxygen atoms in total. The van der Waals surface area contributed by atoms with Crippen LogP contribution in [0.5, 0.6) is 0 Å². The maximum atomic E-state index is 12.3. The Bertz CT molecular complexity index is 696. The molecule has 2 rings (SSSR count). The topological polar surface area (TPSA) is 91.8 Å². The molecule has 7 heteroatoms. The Morgan fingerprint density at radius 3 is 2.46 bits per heavy atom. The maximum Gasteiger partial charge on any atom is 0.326 e. The minimum atomic E-state index is -3.22. The Labute approximate surface area is 142 Å². The number of benzene rings is 1. The van der Waals surface area contributed by atoms with Crippen molar-refractivity contribution in [2.45, 2.75) is 50.0 Å². The van der Waals surface area contributed by atoms with Crippen LogP contribution < -0.4 is 0 Å². The molecule has 24 heavy (non-hydrogen) atoms. The Morgan fingerprint density at radius 1 is 1.21 bits per heavy atom. The van der Waals surface area contributed by atoms with Crippen molar-refractivity contribution in [3.05, 3.63) is 29.8 Å². The summed E-state index contributed by atoms with van der Waals surface area (Å²) in [5.74, 6) is -1.05. The number of piperidine rings is 1. The lowest BCUT2D eigenvalue weighted by atomic mass is 10.0. The van der Waals surface area contributed by atoms with Gasteiger partial charge in [-0.05, 0) is 43.4 Å². The van der Waals surface area contributed by atoms with Crippen molar-refractivity contribution in [2.75, 3.05) is 12.3 Å². The number of aryl methyl sites for hydroxylation is 1. The number of nitrogens with zero attached hydrogens (tertiary/aromatic N) is 1. The Hall–Kier alpha value is -1.89. The van der Waals surface area contributed by atoms with E-state index in [4.69, 9.17) is 0 Å². The number of carboxylic acids is 1. The summed E-state index contributed by atoms with van der Waals surface area (Å²) >= 11 is 0. The van der Waals surface area contributed by atoms with Crippen molar-refractivity contribution in [3.63, 3.8) is 0 Å². The van der Waals surface area contributed by atoms with E-state index in [1.807, 2.05) is 0 Å². The molecular formula is C17H23NO5S. The summed E-state index contributed by atoms with van der Waals surface area (Å²) in [6.07, 6.45) is 2.86. The van der Waals surface area contributed by atoms with Gasteiger partial charge in [-0.15, -0.1) is 0 Å². The monoisotopic (exact) mass is 353 g/mol. The normalized spacial score (nSPS) is 18.4. The Kier molecular flexibility index (Phi) is 5.99. The fourth-order valence-corrected chi connectivity index (χ4v) is 3.80. The van der Waals surface area contributed by atoms with Gasteiger partial charge in [0, 0.05) is 13.0 Å². The van der Waals surface area contributed by atoms with Crippen molar-refractivity contribution in [1.29, 1.82) is 0 Å². The van der Waals surface area contributed by atoms with Crippen molar-refractivity contribution in [1.82, 2.24) is 4.90 Å². The van der Waals surface area contributed by atoms with Crippen LogP contribution in [-0.2, 0) is 25.8 Å². The van der Waals surface area contributed by atoms with E-state index in [9.17, 15) is 23.1 Å². The number of aliphatic carboxylic acids is 1. The molecule has 1 aliphatic heterocycles. The average molecular weight is 353 g/mol. The molecule has 132 valence electrons. The van der Waals surface area contributed by atoms with Crippen LogP contribution in [0.3, 0.4) is 0 Å². The summed E-state index contributed by atoms with van der Waals surface area (Å²) in [6.45, 7) is 2.09. The Morgan fingerprint density at radius 2 is 1.88 bits per heavy atom. The van der Waals surface area contributed by atoms with E-state index in [2.05, 4.69) is 0 Å². The van der Waals surface area contributed by atoms with Crippen LogP contribution in [0, 0.1) is 0 Å². The van der Waals surface area contributed by atoms with Crippen LogP contribution in [0.1, 0.15) is 38.2 Å². The highest BCUT2D eigenvalue weighted by Gasteiger charge is 2.31. The van der Waals surface area contributed by atoms with E-state index in [1.165, 1.54) is 4.90 Å². The van der Waals surface area contributed by atoms with Gasteiger partial charge in [0.05, 0.1) is 10.6 Å². The van der Waals surface area contributed by atoms with Crippen LogP contribution >= 0.6 is 0 Å². The molecule has 1 aromatic carbocycles. The average Bonchev–Trinajstić information content (AvgIpc) is 2.60. The number of likely N-dealkylation sites (tertiary alicyclic amines) is 1. The Balaban J connectivity index is 1.97. The van der Waals surface area contributed by atoms with Crippen molar-refractivity contribution in [2.24, 2.45) is 0 Å². The molecule has 0 unspecified atom stereocenters. The minimum Gasteiger partial charge on any atom is -0.480 e. The van der Waals surface area contributed by atoms with Gasteiger partial charge >= 0.3 is 5.97 Å². The van der Waals surface area contributed by atoms with Gasteiger partial charge in [-0.25, -0.2) is 13.2 Å². The van der Waals surface area contributed by atoms with Crippen LogP contribution in [0.4, 0.5) is 0 Å². The van der Waals surface area contributed by atoms with Crippen molar-refractivity contribution >= 4 is 21.7 Å². The number of carbonyl (C=O) groups is 2. The highest BCUT2D eigenvalue weighted by Crippen LogP contribution is 2.19. The molecule has 1 fully saturated rings. The predicted octanol–water partition coefficient (Wildman–Crippen LogP) is 1.88. The minimum absolute atomic E-state index is 0.0520. The number of sulfone groups is 1. The molecule has 0 spiro atoms. The van der Waals surface area contributed by atoms with Gasteiger partial charge in [0.25, 0.3) is 0 Å². The van der Waals surface area contributed by atoms with Crippen molar-refractivity contribution in [3.8, 4) is 0 Å². The molecule has 0 aliphatic carbocycles.